The lowest BCUT2D eigenvalue weighted by Gasteiger charge is -2.14. The molecule has 0 aromatic heterocycles. The van der Waals surface area contributed by atoms with Crippen LogP contribution in [0.2, 0.25) is 0 Å². The molecule has 0 saturated carbocycles. The summed E-state index contributed by atoms with van der Waals surface area (Å²) in [5, 5.41) is 12.3. The Bertz CT molecular complexity index is 658. The predicted molar refractivity (Wildman–Crippen MR) is 83.5 cm³/mol. The summed E-state index contributed by atoms with van der Waals surface area (Å²) in [6.45, 7) is 7.04. The molecule has 0 unspecified atom stereocenters. The maximum absolute atomic E-state index is 8.94. The van der Waals surface area contributed by atoms with Crippen LogP contribution >= 0.6 is 0 Å². The van der Waals surface area contributed by atoms with Gasteiger partial charge in [0.05, 0.1) is 23.0 Å². The van der Waals surface area contributed by atoms with E-state index in [-0.39, 0.29) is 0 Å². The Morgan fingerprint density at radius 3 is 2.35 bits per heavy atom. The Hall–Kier alpha value is -2.47. The molecule has 0 atom stereocenters. The summed E-state index contributed by atoms with van der Waals surface area (Å²) in [7, 11) is 0. The minimum atomic E-state index is 0.610. The van der Waals surface area contributed by atoms with E-state index < -0.39 is 0 Å². The van der Waals surface area contributed by atoms with Gasteiger partial charge in [0, 0.05) is 6.54 Å². The molecule has 3 N–H and O–H groups in total. The van der Waals surface area contributed by atoms with E-state index in [0.29, 0.717) is 17.8 Å². The molecule has 0 radical (unpaired) electrons. The smallest absolute Gasteiger partial charge is 0.0992 e. The maximum Gasteiger partial charge on any atom is 0.0992 e. The Kier molecular flexibility index (Phi) is 3.95. The van der Waals surface area contributed by atoms with Crippen molar-refractivity contribution < 1.29 is 0 Å². The van der Waals surface area contributed by atoms with Crippen LogP contribution in [-0.4, -0.2) is 0 Å². The lowest BCUT2D eigenvalue weighted by atomic mass is 10.00. The fraction of sp³-hybridized carbons (Fsp3) is 0.235. The zero-order valence-corrected chi connectivity index (χ0v) is 12.1. The third kappa shape index (κ3) is 2.92. The monoisotopic (exact) mass is 265 g/mol. The zero-order chi connectivity index (χ0) is 14.7. The average molecular weight is 265 g/mol. The molecular formula is C17H19N3. The van der Waals surface area contributed by atoms with E-state index in [4.69, 9.17) is 11.0 Å². The molecule has 0 saturated heterocycles. The standard InChI is InChI=1S/C17H19N3/c1-11-6-12(2)15(13(3)7-11)10-20-17-8-14(9-18)4-5-16(17)19/h4-8,20H,10,19H2,1-3H3. The van der Waals surface area contributed by atoms with Crippen LogP contribution in [0.25, 0.3) is 0 Å². The lowest BCUT2D eigenvalue weighted by Crippen LogP contribution is -2.06. The SMILES string of the molecule is Cc1cc(C)c(CNc2cc(C#N)ccc2N)c(C)c1. The van der Waals surface area contributed by atoms with E-state index in [1.165, 1.54) is 22.3 Å². The van der Waals surface area contributed by atoms with E-state index in [9.17, 15) is 0 Å². The van der Waals surface area contributed by atoms with Gasteiger partial charge in [-0.3, -0.25) is 0 Å². The van der Waals surface area contributed by atoms with Gasteiger partial charge in [0.2, 0.25) is 0 Å². The van der Waals surface area contributed by atoms with Crippen LogP contribution in [0.1, 0.15) is 27.8 Å². The number of nitrogen functional groups attached to an aromatic ring is 1. The first-order valence-electron chi connectivity index (χ1n) is 6.61. The number of benzene rings is 2. The van der Waals surface area contributed by atoms with Gasteiger partial charge in [-0.25, -0.2) is 0 Å². The van der Waals surface area contributed by atoms with Gasteiger partial charge in [0.1, 0.15) is 0 Å². The summed E-state index contributed by atoms with van der Waals surface area (Å²) in [5.74, 6) is 0. The summed E-state index contributed by atoms with van der Waals surface area (Å²) < 4.78 is 0. The van der Waals surface area contributed by atoms with Crippen molar-refractivity contribution in [3.05, 3.63) is 58.1 Å². The minimum Gasteiger partial charge on any atom is -0.397 e. The molecule has 102 valence electrons. The molecule has 0 fully saturated rings. The van der Waals surface area contributed by atoms with Crippen LogP contribution in [0.3, 0.4) is 0 Å². The molecule has 3 nitrogen and oxygen atoms in total. The van der Waals surface area contributed by atoms with E-state index in [1.807, 2.05) is 0 Å². The molecule has 0 aliphatic carbocycles. The van der Waals surface area contributed by atoms with Crippen LogP contribution < -0.4 is 11.1 Å². The summed E-state index contributed by atoms with van der Waals surface area (Å²) in [4.78, 5) is 0. The van der Waals surface area contributed by atoms with E-state index in [2.05, 4.69) is 44.3 Å². The number of anilines is 2. The summed E-state index contributed by atoms with van der Waals surface area (Å²) >= 11 is 0. The Balaban J connectivity index is 2.24. The van der Waals surface area contributed by atoms with Gasteiger partial charge in [-0.1, -0.05) is 17.7 Å². The van der Waals surface area contributed by atoms with Gasteiger partial charge in [0.15, 0.2) is 0 Å². The summed E-state index contributed by atoms with van der Waals surface area (Å²) in [6.07, 6.45) is 0. The van der Waals surface area contributed by atoms with Gasteiger partial charge < -0.3 is 11.1 Å². The molecule has 20 heavy (non-hydrogen) atoms. The van der Waals surface area contributed by atoms with Crippen LogP contribution in [0, 0.1) is 32.1 Å². The topological polar surface area (TPSA) is 61.8 Å². The maximum atomic E-state index is 8.94. The highest BCUT2D eigenvalue weighted by atomic mass is 14.9. The molecule has 0 bridgehead atoms. The first-order valence-corrected chi connectivity index (χ1v) is 6.61. The lowest BCUT2D eigenvalue weighted by molar-refractivity contribution is 1.08. The summed E-state index contributed by atoms with van der Waals surface area (Å²) in [5.41, 5.74) is 13.1. The molecule has 0 heterocycles. The second kappa shape index (κ2) is 5.66. The fourth-order valence-corrected chi connectivity index (χ4v) is 2.45. The van der Waals surface area contributed by atoms with Crippen LogP contribution in [0.4, 0.5) is 11.4 Å². The zero-order valence-electron chi connectivity index (χ0n) is 12.1. The molecule has 0 aliphatic rings. The quantitative estimate of drug-likeness (QED) is 0.832. The molecule has 2 aromatic rings. The van der Waals surface area contributed by atoms with Crippen molar-refractivity contribution >= 4 is 11.4 Å². The Morgan fingerprint density at radius 2 is 1.75 bits per heavy atom. The number of nitrogens with zero attached hydrogens (tertiary/aromatic N) is 1. The van der Waals surface area contributed by atoms with Crippen molar-refractivity contribution in [2.24, 2.45) is 0 Å². The number of nitriles is 1. The van der Waals surface area contributed by atoms with Gasteiger partial charge in [-0.2, -0.15) is 5.26 Å². The third-order valence-electron chi connectivity index (χ3n) is 3.48. The highest BCUT2D eigenvalue weighted by Gasteiger charge is 2.06. The number of aryl methyl sites for hydroxylation is 3. The molecule has 0 aliphatic heterocycles. The fourth-order valence-electron chi connectivity index (χ4n) is 2.45. The predicted octanol–water partition coefficient (Wildman–Crippen LogP) is 3.68. The van der Waals surface area contributed by atoms with Gasteiger partial charge in [0.25, 0.3) is 0 Å². The number of nitrogens with one attached hydrogen (secondary N) is 1. The Morgan fingerprint density at radius 1 is 1.10 bits per heavy atom. The van der Waals surface area contributed by atoms with Crippen LogP contribution in [0.5, 0.6) is 0 Å². The molecule has 0 amide bonds. The number of hydrogen-bond acceptors (Lipinski definition) is 3. The second-order valence-corrected chi connectivity index (χ2v) is 5.14. The highest BCUT2D eigenvalue weighted by Crippen LogP contribution is 2.22. The largest absolute Gasteiger partial charge is 0.397 e. The number of nitrogens with two attached hydrogens (primary N) is 1. The van der Waals surface area contributed by atoms with Crippen molar-refractivity contribution in [2.45, 2.75) is 27.3 Å². The average Bonchev–Trinajstić information content (AvgIpc) is 2.39. The normalized spacial score (nSPS) is 10.1. The molecule has 3 heteroatoms. The van der Waals surface area contributed by atoms with Crippen LogP contribution in [0.15, 0.2) is 30.3 Å². The number of hydrogen-bond donors (Lipinski definition) is 2. The van der Waals surface area contributed by atoms with Gasteiger partial charge >= 0.3 is 0 Å². The molecule has 2 aromatic carbocycles. The third-order valence-corrected chi connectivity index (χ3v) is 3.48. The van der Waals surface area contributed by atoms with Crippen molar-refractivity contribution in [3.63, 3.8) is 0 Å². The first kappa shape index (κ1) is 14.0. The number of rotatable bonds is 3. The van der Waals surface area contributed by atoms with Crippen molar-refractivity contribution in [2.75, 3.05) is 11.1 Å². The molecule has 2 rings (SSSR count). The van der Waals surface area contributed by atoms with Crippen molar-refractivity contribution in [1.29, 1.82) is 5.26 Å². The highest BCUT2D eigenvalue weighted by molar-refractivity contribution is 5.68. The second-order valence-electron chi connectivity index (χ2n) is 5.14. The first-order chi connectivity index (χ1) is 9.51. The summed E-state index contributed by atoms with van der Waals surface area (Å²) in [6, 6.07) is 11.8. The van der Waals surface area contributed by atoms with Crippen LogP contribution in [-0.2, 0) is 6.54 Å². The van der Waals surface area contributed by atoms with E-state index >= 15 is 0 Å². The van der Waals surface area contributed by atoms with Crippen molar-refractivity contribution in [3.8, 4) is 6.07 Å². The van der Waals surface area contributed by atoms with E-state index in [1.54, 1.807) is 18.2 Å². The Labute approximate surface area is 120 Å². The van der Waals surface area contributed by atoms with Crippen molar-refractivity contribution in [1.82, 2.24) is 0 Å². The van der Waals surface area contributed by atoms with E-state index in [0.717, 1.165) is 5.69 Å². The minimum absolute atomic E-state index is 0.610. The van der Waals surface area contributed by atoms with Gasteiger partial charge in [-0.15, -0.1) is 0 Å². The molecule has 0 spiro atoms. The van der Waals surface area contributed by atoms with Gasteiger partial charge in [-0.05, 0) is 55.7 Å². The molecular weight excluding hydrogens is 246 g/mol.